The Kier molecular flexibility index (Phi) is 6.99. The van der Waals surface area contributed by atoms with Gasteiger partial charge in [0.1, 0.15) is 18.2 Å². The first-order valence-corrected chi connectivity index (χ1v) is 11.5. The van der Waals surface area contributed by atoms with Gasteiger partial charge in [-0.25, -0.2) is 4.98 Å². The van der Waals surface area contributed by atoms with E-state index in [1.807, 2.05) is 55.5 Å². The second-order valence-corrected chi connectivity index (χ2v) is 8.81. The zero-order chi connectivity index (χ0) is 23.4. The molecule has 1 N–H and O–H groups in total. The SMILES string of the molecule is Cc1cc(C)cc(OCCn2c(C(C)NC(=O)Cc3ccc(Cl)cc3)nc3ccccc32)c1. The van der Waals surface area contributed by atoms with Crippen LogP contribution in [0.15, 0.2) is 66.7 Å². The summed E-state index contributed by atoms with van der Waals surface area (Å²) in [5, 5.41) is 3.74. The highest BCUT2D eigenvalue weighted by atomic mass is 35.5. The number of amides is 1. The summed E-state index contributed by atoms with van der Waals surface area (Å²) < 4.78 is 8.18. The van der Waals surface area contributed by atoms with Crippen molar-refractivity contribution in [1.82, 2.24) is 14.9 Å². The maximum absolute atomic E-state index is 12.7. The molecule has 0 radical (unpaired) electrons. The summed E-state index contributed by atoms with van der Waals surface area (Å²) in [4.78, 5) is 17.5. The summed E-state index contributed by atoms with van der Waals surface area (Å²) in [5.74, 6) is 1.61. The molecule has 170 valence electrons. The molecule has 33 heavy (non-hydrogen) atoms. The summed E-state index contributed by atoms with van der Waals surface area (Å²) in [6.07, 6.45) is 0.289. The largest absolute Gasteiger partial charge is 0.492 e. The van der Waals surface area contributed by atoms with Crippen LogP contribution in [0.3, 0.4) is 0 Å². The van der Waals surface area contributed by atoms with Crippen LogP contribution in [0.25, 0.3) is 11.0 Å². The molecule has 1 unspecified atom stereocenters. The zero-order valence-corrected chi connectivity index (χ0v) is 19.9. The summed E-state index contributed by atoms with van der Waals surface area (Å²) >= 11 is 5.94. The molecule has 5 nitrogen and oxygen atoms in total. The van der Waals surface area contributed by atoms with E-state index in [1.165, 1.54) is 11.1 Å². The van der Waals surface area contributed by atoms with E-state index < -0.39 is 0 Å². The molecule has 0 aliphatic carbocycles. The lowest BCUT2D eigenvalue weighted by atomic mass is 10.1. The van der Waals surface area contributed by atoms with Crippen LogP contribution in [-0.2, 0) is 17.8 Å². The molecule has 0 fully saturated rings. The lowest BCUT2D eigenvalue weighted by Crippen LogP contribution is -2.30. The fraction of sp³-hybridized carbons (Fsp3) is 0.259. The molecule has 0 saturated carbocycles. The second kappa shape index (κ2) is 10.1. The fourth-order valence-corrected chi connectivity index (χ4v) is 4.20. The number of aryl methyl sites for hydroxylation is 2. The normalized spacial score (nSPS) is 12.0. The highest BCUT2D eigenvalue weighted by molar-refractivity contribution is 6.30. The number of aromatic nitrogens is 2. The van der Waals surface area contributed by atoms with Crippen LogP contribution in [-0.4, -0.2) is 22.1 Å². The van der Waals surface area contributed by atoms with E-state index in [0.29, 0.717) is 18.2 Å². The minimum Gasteiger partial charge on any atom is -0.492 e. The molecule has 0 bridgehead atoms. The molecule has 1 aromatic heterocycles. The van der Waals surface area contributed by atoms with Crippen molar-refractivity contribution in [1.29, 1.82) is 0 Å². The van der Waals surface area contributed by atoms with Crippen molar-refractivity contribution in [2.75, 3.05) is 6.61 Å². The van der Waals surface area contributed by atoms with Crippen molar-refractivity contribution in [3.8, 4) is 5.75 Å². The molecule has 4 rings (SSSR count). The van der Waals surface area contributed by atoms with Crippen molar-refractivity contribution in [2.24, 2.45) is 0 Å². The van der Waals surface area contributed by atoms with E-state index >= 15 is 0 Å². The van der Waals surface area contributed by atoms with Crippen molar-refractivity contribution >= 4 is 28.5 Å². The van der Waals surface area contributed by atoms with E-state index in [9.17, 15) is 4.79 Å². The number of hydrogen-bond donors (Lipinski definition) is 1. The quantitative estimate of drug-likeness (QED) is 0.360. The summed E-state index contributed by atoms with van der Waals surface area (Å²) in [6.45, 7) is 7.22. The van der Waals surface area contributed by atoms with E-state index in [2.05, 4.69) is 29.8 Å². The number of ether oxygens (including phenoxy) is 1. The number of rotatable bonds is 8. The van der Waals surface area contributed by atoms with Gasteiger partial charge in [0.05, 0.1) is 30.0 Å². The Morgan fingerprint density at radius 3 is 2.48 bits per heavy atom. The summed E-state index contributed by atoms with van der Waals surface area (Å²) in [5.41, 5.74) is 5.19. The second-order valence-electron chi connectivity index (χ2n) is 8.37. The molecule has 0 spiro atoms. The fourth-order valence-electron chi connectivity index (χ4n) is 4.08. The molecule has 0 aliphatic rings. The van der Waals surface area contributed by atoms with Crippen LogP contribution >= 0.6 is 11.6 Å². The molecule has 1 atom stereocenters. The number of halogens is 1. The third-order valence-corrected chi connectivity index (χ3v) is 5.76. The van der Waals surface area contributed by atoms with Gasteiger partial charge in [-0.3, -0.25) is 4.79 Å². The van der Waals surface area contributed by atoms with Gasteiger partial charge in [-0.15, -0.1) is 0 Å². The lowest BCUT2D eigenvalue weighted by molar-refractivity contribution is -0.121. The van der Waals surface area contributed by atoms with E-state index in [0.717, 1.165) is 28.2 Å². The lowest BCUT2D eigenvalue weighted by Gasteiger charge is -2.17. The van der Waals surface area contributed by atoms with Crippen LogP contribution < -0.4 is 10.1 Å². The summed E-state index contributed by atoms with van der Waals surface area (Å²) in [6, 6.07) is 21.3. The number of imidazole rings is 1. The first-order valence-electron chi connectivity index (χ1n) is 11.1. The molecule has 1 heterocycles. The standard InChI is InChI=1S/C27H28ClN3O2/c1-18-14-19(2)16-23(15-18)33-13-12-31-25-7-5-4-6-24(25)30-27(31)20(3)29-26(32)17-21-8-10-22(28)11-9-21/h4-11,14-16,20H,12-13,17H2,1-3H3,(H,29,32). The monoisotopic (exact) mass is 461 g/mol. The topological polar surface area (TPSA) is 56.1 Å². The Hall–Kier alpha value is -3.31. The number of nitrogens with zero attached hydrogens (tertiary/aromatic N) is 2. The number of carbonyl (C=O) groups is 1. The summed E-state index contributed by atoms with van der Waals surface area (Å²) in [7, 11) is 0. The van der Waals surface area contributed by atoms with Gasteiger partial charge in [-0.2, -0.15) is 0 Å². The van der Waals surface area contributed by atoms with Gasteiger partial charge in [-0.05, 0) is 73.9 Å². The van der Waals surface area contributed by atoms with Crippen molar-refractivity contribution in [3.63, 3.8) is 0 Å². The third-order valence-electron chi connectivity index (χ3n) is 5.51. The van der Waals surface area contributed by atoms with Crippen LogP contribution in [0, 0.1) is 13.8 Å². The number of nitrogens with one attached hydrogen (secondary N) is 1. The molecule has 0 saturated heterocycles. The highest BCUT2D eigenvalue weighted by Crippen LogP contribution is 2.22. The minimum absolute atomic E-state index is 0.0603. The molecule has 4 aromatic rings. The zero-order valence-electron chi connectivity index (χ0n) is 19.1. The van der Waals surface area contributed by atoms with Gasteiger partial charge in [0.15, 0.2) is 0 Å². The van der Waals surface area contributed by atoms with E-state index in [4.69, 9.17) is 21.3 Å². The predicted molar refractivity (Wildman–Crippen MR) is 133 cm³/mol. The smallest absolute Gasteiger partial charge is 0.224 e. The molecule has 0 aliphatic heterocycles. The van der Waals surface area contributed by atoms with Gasteiger partial charge in [0, 0.05) is 5.02 Å². The number of hydrogen-bond acceptors (Lipinski definition) is 3. The van der Waals surface area contributed by atoms with Gasteiger partial charge in [0.25, 0.3) is 0 Å². The third kappa shape index (κ3) is 5.74. The average Bonchev–Trinajstić information content (AvgIpc) is 3.13. The Morgan fingerprint density at radius 2 is 1.76 bits per heavy atom. The first kappa shape index (κ1) is 22.9. The molecule has 3 aromatic carbocycles. The van der Waals surface area contributed by atoms with Crippen LogP contribution in [0.5, 0.6) is 5.75 Å². The number of benzene rings is 3. The van der Waals surface area contributed by atoms with Gasteiger partial charge in [-0.1, -0.05) is 41.9 Å². The van der Waals surface area contributed by atoms with E-state index in [1.54, 1.807) is 12.1 Å². The Balaban J connectivity index is 1.48. The number of para-hydroxylation sites is 2. The van der Waals surface area contributed by atoms with Crippen LogP contribution in [0.1, 0.15) is 35.5 Å². The highest BCUT2D eigenvalue weighted by Gasteiger charge is 2.18. The average molecular weight is 462 g/mol. The van der Waals surface area contributed by atoms with E-state index in [-0.39, 0.29) is 18.4 Å². The maximum atomic E-state index is 12.7. The van der Waals surface area contributed by atoms with Gasteiger partial charge < -0.3 is 14.6 Å². The molecule has 6 heteroatoms. The Bertz CT molecular complexity index is 1240. The molecule has 1 amide bonds. The maximum Gasteiger partial charge on any atom is 0.224 e. The Labute approximate surface area is 199 Å². The van der Waals surface area contributed by atoms with Gasteiger partial charge >= 0.3 is 0 Å². The van der Waals surface area contributed by atoms with Gasteiger partial charge in [0.2, 0.25) is 5.91 Å². The Morgan fingerprint density at radius 1 is 1.06 bits per heavy atom. The predicted octanol–water partition coefficient (Wildman–Crippen LogP) is 5.81. The van der Waals surface area contributed by atoms with Crippen molar-refractivity contribution in [3.05, 3.63) is 94.3 Å². The number of carbonyl (C=O) groups excluding carboxylic acids is 1. The van der Waals surface area contributed by atoms with Crippen LogP contribution in [0.4, 0.5) is 0 Å². The van der Waals surface area contributed by atoms with Crippen molar-refractivity contribution in [2.45, 2.75) is 39.8 Å². The minimum atomic E-state index is -0.251. The number of fused-ring (bicyclic) bond motifs is 1. The van der Waals surface area contributed by atoms with Crippen LogP contribution in [0.2, 0.25) is 5.02 Å². The first-order chi connectivity index (χ1) is 15.9. The van der Waals surface area contributed by atoms with Crippen molar-refractivity contribution < 1.29 is 9.53 Å². The molecular formula is C27H28ClN3O2. The molecular weight excluding hydrogens is 434 g/mol.